The van der Waals surface area contributed by atoms with Crippen LogP contribution in [0.25, 0.3) is 6.08 Å². The molecule has 0 unspecified atom stereocenters. The van der Waals surface area contributed by atoms with E-state index >= 15 is 0 Å². The van der Waals surface area contributed by atoms with E-state index in [1.807, 2.05) is 13.8 Å². The fourth-order valence-electron chi connectivity index (χ4n) is 1.61. The van der Waals surface area contributed by atoms with Crippen LogP contribution in [0.15, 0.2) is 30.3 Å². The van der Waals surface area contributed by atoms with Crippen LogP contribution in [0.1, 0.15) is 19.4 Å². The molecule has 0 saturated heterocycles. The Bertz CT molecular complexity index is 492. The van der Waals surface area contributed by atoms with Gasteiger partial charge in [0.1, 0.15) is 6.04 Å². The molecule has 3 N–H and O–H groups in total. The number of nitrogen functional groups attached to an aromatic ring is 1. The van der Waals surface area contributed by atoms with Gasteiger partial charge in [0.05, 0.1) is 7.11 Å². The Balaban J connectivity index is 2.66. The van der Waals surface area contributed by atoms with E-state index in [1.54, 1.807) is 30.3 Å². The average Bonchev–Trinajstić information content (AvgIpc) is 2.43. The topological polar surface area (TPSA) is 81.4 Å². The summed E-state index contributed by atoms with van der Waals surface area (Å²) in [7, 11) is 1.30. The Morgan fingerprint density at radius 3 is 2.35 bits per heavy atom. The number of anilines is 1. The Hall–Kier alpha value is -2.30. The number of esters is 1. The molecule has 20 heavy (non-hydrogen) atoms. The first-order chi connectivity index (χ1) is 9.43. The molecule has 5 heteroatoms. The second kappa shape index (κ2) is 7.33. The van der Waals surface area contributed by atoms with Gasteiger partial charge in [-0.1, -0.05) is 26.0 Å². The number of nitrogens with two attached hydrogens (primary N) is 1. The van der Waals surface area contributed by atoms with Gasteiger partial charge in [-0.15, -0.1) is 0 Å². The lowest BCUT2D eigenvalue weighted by molar-refractivity contribution is -0.145. The van der Waals surface area contributed by atoms with Crippen molar-refractivity contribution < 1.29 is 14.3 Å². The second-order valence-corrected chi connectivity index (χ2v) is 4.75. The zero-order valence-corrected chi connectivity index (χ0v) is 11.9. The summed E-state index contributed by atoms with van der Waals surface area (Å²) in [6, 6.07) is 6.47. The molecule has 0 fully saturated rings. The average molecular weight is 276 g/mol. The maximum Gasteiger partial charge on any atom is 0.328 e. The molecule has 0 aliphatic carbocycles. The molecule has 0 aromatic heterocycles. The highest BCUT2D eigenvalue weighted by Gasteiger charge is 2.23. The van der Waals surface area contributed by atoms with Gasteiger partial charge in [0.15, 0.2) is 0 Å². The molecule has 5 nitrogen and oxygen atoms in total. The van der Waals surface area contributed by atoms with Gasteiger partial charge in [-0.25, -0.2) is 4.79 Å². The van der Waals surface area contributed by atoms with Gasteiger partial charge in [0.25, 0.3) is 0 Å². The summed E-state index contributed by atoms with van der Waals surface area (Å²) >= 11 is 0. The quantitative estimate of drug-likeness (QED) is 0.486. The predicted molar refractivity (Wildman–Crippen MR) is 78.7 cm³/mol. The SMILES string of the molecule is COC(=O)[C@@H](NC(=O)/C=C/c1ccc(N)cc1)C(C)C. The number of ether oxygens (including phenoxy) is 1. The van der Waals surface area contributed by atoms with E-state index in [0.717, 1.165) is 5.56 Å². The predicted octanol–water partition coefficient (Wildman–Crippen LogP) is 1.60. The summed E-state index contributed by atoms with van der Waals surface area (Å²) in [6.45, 7) is 3.68. The molecule has 1 amide bonds. The van der Waals surface area contributed by atoms with Gasteiger partial charge in [0.2, 0.25) is 5.91 Å². The minimum absolute atomic E-state index is 0.0451. The number of amides is 1. The molecule has 0 radical (unpaired) electrons. The molecule has 1 atom stereocenters. The first-order valence-corrected chi connectivity index (χ1v) is 6.36. The molecular weight excluding hydrogens is 256 g/mol. The molecule has 0 bridgehead atoms. The van der Waals surface area contributed by atoms with Gasteiger partial charge in [0, 0.05) is 11.8 Å². The number of carbonyl (C=O) groups excluding carboxylic acids is 2. The molecule has 1 aromatic carbocycles. The summed E-state index contributed by atoms with van der Waals surface area (Å²) < 4.78 is 4.66. The van der Waals surface area contributed by atoms with E-state index in [0.29, 0.717) is 5.69 Å². The van der Waals surface area contributed by atoms with E-state index in [-0.39, 0.29) is 11.8 Å². The Morgan fingerprint density at radius 1 is 1.25 bits per heavy atom. The van der Waals surface area contributed by atoms with Crippen LogP contribution in [-0.4, -0.2) is 25.0 Å². The fourth-order valence-corrected chi connectivity index (χ4v) is 1.61. The van der Waals surface area contributed by atoms with Crippen LogP contribution in [0.5, 0.6) is 0 Å². The summed E-state index contributed by atoms with van der Waals surface area (Å²) in [4.78, 5) is 23.3. The number of hydrogen-bond acceptors (Lipinski definition) is 4. The van der Waals surface area contributed by atoms with Gasteiger partial charge in [-0.2, -0.15) is 0 Å². The van der Waals surface area contributed by atoms with Crippen molar-refractivity contribution in [3.8, 4) is 0 Å². The number of carbonyl (C=O) groups is 2. The van der Waals surface area contributed by atoms with Crippen molar-refractivity contribution in [3.63, 3.8) is 0 Å². The Kier molecular flexibility index (Phi) is 5.77. The minimum Gasteiger partial charge on any atom is -0.467 e. The fraction of sp³-hybridized carbons (Fsp3) is 0.333. The molecule has 0 spiro atoms. The second-order valence-electron chi connectivity index (χ2n) is 4.75. The third kappa shape index (κ3) is 4.76. The number of rotatable bonds is 5. The maximum atomic E-state index is 11.8. The third-order valence-electron chi connectivity index (χ3n) is 2.78. The normalized spacial score (nSPS) is 12.4. The van der Waals surface area contributed by atoms with E-state index < -0.39 is 12.0 Å². The largest absolute Gasteiger partial charge is 0.467 e. The van der Waals surface area contributed by atoms with Crippen LogP contribution in [0.3, 0.4) is 0 Å². The highest BCUT2D eigenvalue weighted by Crippen LogP contribution is 2.07. The van der Waals surface area contributed by atoms with Crippen LogP contribution < -0.4 is 11.1 Å². The van der Waals surface area contributed by atoms with E-state index in [1.165, 1.54) is 13.2 Å². The third-order valence-corrected chi connectivity index (χ3v) is 2.78. The van der Waals surface area contributed by atoms with Crippen molar-refractivity contribution in [3.05, 3.63) is 35.9 Å². The minimum atomic E-state index is -0.649. The van der Waals surface area contributed by atoms with Gasteiger partial charge in [-0.05, 0) is 29.7 Å². The molecule has 0 heterocycles. The van der Waals surface area contributed by atoms with Crippen LogP contribution in [0.2, 0.25) is 0 Å². The lowest BCUT2D eigenvalue weighted by atomic mass is 10.0. The highest BCUT2D eigenvalue weighted by atomic mass is 16.5. The molecule has 0 saturated carbocycles. The van der Waals surface area contributed by atoms with Crippen molar-refractivity contribution in [1.29, 1.82) is 0 Å². The van der Waals surface area contributed by atoms with Gasteiger partial charge >= 0.3 is 5.97 Å². The van der Waals surface area contributed by atoms with Gasteiger partial charge < -0.3 is 15.8 Å². The van der Waals surface area contributed by atoms with Crippen molar-refractivity contribution in [2.45, 2.75) is 19.9 Å². The zero-order chi connectivity index (χ0) is 15.1. The van der Waals surface area contributed by atoms with Crippen LogP contribution in [0, 0.1) is 5.92 Å². The summed E-state index contributed by atoms with van der Waals surface area (Å²) in [5.41, 5.74) is 7.09. The van der Waals surface area contributed by atoms with E-state index in [9.17, 15) is 9.59 Å². The van der Waals surface area contributed by atoms with Crippen molar-refractivity contribution in [2.75, 3.05) is 12.8 Å². The molecule has 108 valence electrons. The first kappa shape index (κ1) is 15.8. The molecule has 0 aliphatic rings. The number of benzene rings is 1. The van der Waals surface area contributed by atoms with Crippen LogP contribution in [0.4, 0.5) is 5.69 Å². The molecule has 1 rings (SSSR count). The van der Waals surface area contributed by atoms with Crippen LogP contribution in [-0.2, 0) is 14.3 Å². The van der Waals surface area contributed by atoms with Crippen molar-refractivity contribution in [1.82, 2.24) is 5.32 Å². The highest BCUT2D eigenvalue weighted by molar-refractivity contribution is 5.94. The lowest BCUT2D eigenvalue weighted by Crippen LogP contribution is -2.44. The molecule has 0 aliphatic heterocycles. The number of methoxy groups -OCH3 is 1. The molecule has 1 aromatic rings. The lowest BCUT2D eigenvalue weighted by Gasteiger charge is -2.18. The number of hydrogen-bond donors (Lipinski definition) is 2. The first-order valence-electron chi connectivity index (χ1n) is 6.36. The monoisotopic (exact) mass is 276 g/mol. The summed E-state index contributed by atoms with van der Waals surface area (Å²) in [5, 5.41) is 2.62. The van der Waals surface area contributed by atoms with Crippen molar-refractivity contribution >= 4 is 23.6 Å². The summed E-state index contributed by atoms with van der Waals surface area (Å²) in [5.74, 6) is -0.837. The van der Waals surface area contributed by atoms with Crippen LogP contribution >= 0.6 is 0 Å². The number of nitrogens with one attached hydrogen (secondary N) is 1. The standard InChI is InChI=1S/C15H20N2O3/c1-10(2)14(15(19)20-3)17-13(18)9-6-11-4-7-12(16)8-5-11/h4-10,14H,16H2,1-3H3,(H,17,18)/b9-6+/t14-/m0/s1. The van der Waals surface area contributed by atoms with Crippen molar-refractivity contribution in [2.24, 2.45) is 5.92 Å². The van der Waals surface area contributed by atoms with E-state index in [2.05, 4.69) is 10.1 Å². The Morgan fingerprint density at radius 2 is 1.85 bits per heavy atom. The maximum absolute atomic E-state index is 11.8. The molecular formula is C15H20N2O3. The van der Waals surface area contributed by atoms with E-state index in [4.69, 9.17) is 5.73 Å². The Labute approximate surface area is 118 Å². The smallest absolute Gasteiger partial charge is 0.328 e. The zero-order valence-electron chi connectivity index (χ0n) is 11.9. The summed E-state index contributed by atoms with van der Waals surface area (Å²) in [6.07, 6.45) is 3.04. The van der Waals surface area contributed by atoms with Gasteiger partial charge in [-0.3, -0.25) is 4.79 Å².